The predicted octanol–water partition coefficient (Wildman–Crippen LogP) is 3.24. The average molecular weight is 313 g/mol. The highest BCUT2D eigenvalue weighted by atomic mass is 32.2. The Labute approximate surface area is 129 Å². The zero-order valence-corrected chi connectivity index (χ0v) is 13.8. The lowest BCUT2D eigenvalue weighted by Crippen LogP contribution is -2.34. The van der Waals surface area contributed by atoms with E-state index in [1.54, 1.807) is 0 Å². The maximum absolute atomic E-state index is 11.9. The molecule has 0 bridgehead atoms. The first-order valence-corrected chi connectivity index (χ1v) is 9.38. The number of sulfonamides is 1. The van der Waals surface area contributed by atoms with E-state index in [0.717, 1.165) is 19.3 Å². The van der Waals surface area contributed by atoms with Crippen molar-refractivity contribution >= 4 is 10.0 Å². The highest BCUT2D eigenvalue weighted by molar-refractivity contribution is 7.90. The number of hydrogen-bond donors (Lipinski definition) is 1. The van der Waals surface area contributed by atoms with Crippen LogP contribution >= 0.6 is 0 Å². The van der Waals surface area contributed by atoms with Gasteiger partial charge in [-0.1, -0.05) is 51.9 Å². The molecule has 0 radical (unpaired) electrons. The Morgan fingerprint density at radius 1 is 1.00 bits per heavy atom. The van der Waals surface area contributed by atoms with E-state index < -0.39 is 15.3 Å². The molecule has 1 unspecified atom stereocenters. The minimum absolute atomic E-state index is 0.227. The van der Waals surface area contributed by atoms with Gasteiger partial charge in [-0.2, -0.15) is 10.5 Å². The van der Waals surface area contributed by atoms with Crippen molar-refractivity contribution in [3.63, 3.8) is 0 Å². The van der Waals surface area contributed by atoms with Crippen LogP contribution in [0.1, 0.15) is 71.1 Å². The SMILES string of the molecule is CCCCCCCCCC(C#N)S(=O)(=O)NCCCC#N. The second kappa shape index (κ2) is 12.6. The quantitative estimate of drug-likeness (QED) is 0.528. The zero-order valence-electron chi connectivity index (χ0n) is 13.0. The second-order valence-electron chi connectivity index (χ2n) is 5.23. The predicted molar refractivity (Wildman–Crippen MR) is 83.8 cm³/mol. The molecule has 0 amide bonds. The van der Waals surface area contributed by atoms with Crippen LogP contribution < -0.4 is 4.72 Å². The summed E-state index contributed by atoms with van der Waals surface area (Å²) in [4.78, 5) is 0. The molecule has 1 atom stereocenters. The molecular weight excluding hydrogens is 286 g/mol. The third-order valence-corrected chi connectivity index (χ3v) is 5.05. The fraction of sp³-hybridized carbons (Fsp3) is 0.867. The van der Waals surface area contributed by atoms with Gasteiger partial charge in [-0.25, -0.2) is 13.1 Å². The Balaban J connectivity index is 3.92. The van der Waals surface area contributed by atoms with Gasteiger partial charge in [0.05, 0.1) is 12.1 Å². The summed E-state index contributed by atoms with van der Waals surface area (Å²) in [6.45, 7) is 2.40. The summed E-state index contributed by atoms with van der Waals surface area (Å²) in [6, 6.07) is 3.84. The van der Waals surface area contributed by atoms with Crippen molar-refractivity contribution in [3.8, 4) is 12.1 Å². The number of nitrogens with one attached hydrogen (secondary N) is 1. The molecule has 0 saturated heterocycles. The topological polar surface area (TPSA) is 93.8 Å². The van der Waals surface area contributed by atoms with Crippen LogP contribution in [0.25, 0.3) is 0 Å². The zero-order chi connectivity index (χ0) is 16.0. The van der Waals surface area contributed by atoms with E-state index in [1.165, 1.54) is 25.7 Å². The summed E-state index contributed by atoms with van der Waals surface area (Å²) in [7, 11) is -3.57. The second-order valence-corrected chi connectivity index (χ2v) is 7.18. The van der Waals surface area contributed by atoms with Gasteiger partial charge in [0.25, 0.3) is 0 Å². The Hall–Kier alpha value is -1.11. The van der Waals surface area contributed by atoms with E-state index in [2.05, 4.69) is 11.6 Å². The van der Waals surface area contributed by atoms with Gasteiger partial charge in [0.1, 0.15) is 0 Å². The van der Waals surface area contributed by atoms with Gasteiger partial charge in [-0.15, -0.1) is 0 Å². The Morgan fingerprint density at radius 3 is 2.19 bits per heavy atom. The number of hydrogen-bond acceptors (Lipinski definition) is 4. The normalized spacial score (nSPS) is 12.5. The van der Waals surface area contributed by atoms with Crippen LogP contribution in [0.15, 0.2) is 0 Å². The first-order valence-electron chi connectivity index (χ1n) is 7.83. The first kappa shape index (κ1) is 19.9. The van der Waals surface area contributed by atoms with Crippen molar-refractivity contribution in [1.29, 1.82) is 10.5 Å². The van der Waals surface area contributed by atoms with Crippen LogP contribution in [0.5, 0.6) is 0 Å². The summed E-state index contributed by atoms with van der Waals surface area (Å²) in [5, 5.41) is 16.4. The molecule has 1 N–H and O–H groups in total. The van der Waals surface area contributed by atoms with Gasteiger partial charge in [0.2, 0.25) is 10.0 Å². The van der Waals surface area contributed by atoms with Crippen molar-refractivity contribution < 1.29 is 8.42 Å². The molecule has 0 fully saturated rings. The maximum Gasteiger partial charge on any atom is 0.227 e. The third kappa shape index (κ3) is 10.3. The van der Waals surface area contributed by atoms with E-state index in [9.17, 15) is 8.42 Å². The van der Waals surface area contributed by atoms with Crippen molar-refractivity contribution in [2.24, 2.45) is 0 Å². The van der Waals surface area contributed by atoms with Crippen LogP contribution in [-0.4, -0.2) is 20.2 Å². The van der Waals surface area contributed by atoms with Crippen molar-refractivity contribution in [2.75, 3.05) is 6.54 Å². The number of unbranched alkanes of at least 4 members (excludes halogenated alkanes) is 7. The molecule has 0 aromatic heterocycles. The highest BCUT2D eigenvalue weighted by Gasteiger charge is 2.23. The van der Waals surface area contributed by atoms with Crippen molar-refractivity contribution in [1.82, 2.24) is 4.72 Å². The molecule has 6 heteroatoms. The smallest absolute Gasteiger partial charge is 0.214 e. The van der Waals surface area contributed by atoms with Gasteiger partial charge in [0, 0.05) is 13.0 Å². The largest absolute Gasteiger partial charge is 0.227 e. The lowest BCUT2D eigenvalue weighted by molar-refractivity contribution is 0.551. The summed E-state index contributed by atoms with van der Waals surface area (Å²) in [5.41, 5.74) is 0. The van der Waals surface area contributed by atoms with Crippen molar-refractivity contribution in [3.05, 3.63) is 0 Å². The molecule has 120 valence electrons. The van der Waals surface area contributed by atoms with Gasteiger partial charge >= 0.3 is 0 Å². The van der Waals surface area contributed by atoms with E-state index in [0.29, 0.717) is 19.3 Å². The minimum Gasteiger partial charge on any atom is -0.214 e. The molecule has 21 heavy (non-hydrogen) atoms. The molecule has 0 rings (SSSR count). The molecular formula is C15H27N3O2S. The standard InChI is InChI=1S/C15H27N3O2S/c1-2-3-4-5-6-7-8-11-15(14-17)21(19,20)18-13-10-9-12-16/h15,18H,2-11,13H2,1H3. The molecule has 0 aliphatic carbocycles. The van der Waals surface area contributed by atoms with E-state index in [4.69, 9.17) is 10.5 Å². The van der Waals surface area contributed by atoms with Crippen molar-refractivity contribution in [2.45, 2.75) is 76.4 Å². The molecule has 0 heterocycles. The van der Waals surface area contributed by atoms with Crippen LogP contribution in [0.2, 0.25) is 0 Å². The molecule has 0 saturated carbocycles. The summed E-state index contributed by atoms with van der Waals surface area (Å²) >= 11 is 0. The fourth-order valence-electron chi connectivity index (χ4n) is 2.06. The van der Waals surface area contributed by atoms with Gasteiger partial charge in [0.15, 0.2) is 5.25 Å². The third-order valence-electron chi connectivity index (χ3n) is 3.36. The van der Waals surface area contributed by atoms with Crippen LogP contribution in [0, 0.1) is 22.7 Å². The number of nitriles is 2. The molecule has 5 nitrogen and oxygen atoms in total. The lowest BCUT2D eigenvalue weighted by Gasteiger charge is -2.11. The van der Waals surface area contributed by atoms with E-state index >= 15 is 0 Å². The molecule has 0 aliphatic rings. The van der Waals surface area contributed by atoms with Gasteiger partial charge in [-0.05, 0) is 12.8 Å². The summed E-state index contributed by atoms with van der Waals surface area (Å²) < 4.78 is 26.2. The number of nitrogens with zero attached hydrogens (tertiary/aromatic N) is 2. The monoisotopic (exact) mass is 313 g/mol. The van der Waals surface area contributed by atoms with Crippen LogP contribution in [0.3, 0.4) is 0 Å². The van der Waals surface area contributed by atoms with E-state index in [1.807, 2.05) is 12.1 Å². The Morgan fingerprint density at radius 2 is 1.62 bits per heavy atom. The van der Waals surface area contributed by atoms with E-state index in [-0.39, 0.29) is 6.54 Å². The molecule has 0 aliphatic heterocycles. The molecule has 0 spiro atoms. The molecule has 0 aromatic carbocycles. The van der Waals surface area contributed by atoms with Gasteiger partial charge < -0.3 is 0 Å². The summed E-state index contributed by atoms with van der Waals surface area (Å²) in [5.74, 6) is 0. The average Bonchev–Trinajstić information content (AvgIpc) is 2.46. The first-order chi connectivity index (χ1) is 10.1. The van der Waals surface area contributed by atoms with Crippen LogP contribution in [0.4, 0.5) is 0 Å². The minimum atomic E-state index is -3.57. The lowest BCUT2D eigenvalue weighted by atomic mass is 10.1. The Kier molecular flexibility index (Phi) is 12.0. The summed E-state index contributed by atoms with van der Waals surface area (Å²) in [6.07, 6.45) is 8.92. The van der Waals surface area contributed by atoms with Gasteiger partial charge in [-0.3, -0.25) is 0 Å². The fourth-order valence-corrected chi connectivity index (χ4v) is 3.30. The Bertz CT molecular complexity index is 435. The molecule has 0 aromatic rings. The number of rotatable bonds is 13. The van der Waals surface area contributed by atoms with Crippen LogP contribution in [-0.2, 0) is 10.0 Å². The highest BCUT2D eigenvalue weighted by Crippen LogP contribution is 2.13. The maximum atomic E-state index is 11.9.